The van der Waals surface area contributed by atoms with E-state index in [9.17, 15) is 13.2 Å². The van der Waals surface area contributed by atoms with Gasteiger partial charge in [0.15, 0.2) is 0 Å². The van der Waals surface area contributed by atoms with Crippen LogP contribution in [0.5, 0.6) is 5.75 Å². The van der Waals surface area contributed by atoms with E-state index < -0.39 is 10.0 Å². The number of rotatable bonds is 7. The Kier molecular flexibility index (Phi) is 6.23. The van der Waals surface area contributed by atoms with Gasteiger partial charge in [0.1, 0.15) is 10.6 Å². The number of amides is 1. The third-order valence-corrected chi connectivity index (χ3v) is 6.04. The fourth-order valence-corrected chi connectivity index (χ4v) is 4.13. The number of hydrogen-bond acceptors (Lipinski definition) is 5. The Morgan fingerprint density at radius 2 is 1.77 bits per heavy atom. The Morgan fingerprint density at radius 3 is 2.31 bits per heavy atom. The van der Waals surface area contributed by atoms with Crippen molar-refractivity contribution in [2.75, 3.05) is 31.2 Å². The molecule has 0 aliphatic heterocycles. The summed E-state index contributed by atoms with van der Waals surface area (Å²) in [7, 11) is -2.36. The van der Waals surface area contributed by atoms with Crippen molar-refractivity contribution in [2.45, 2.75) is 18.7 Å². The molecule has 0 bridgehead atoms. The van der Waals surface area contributed by atoms with Gasteiger partial charge in [0.05, 0.1) is 18.5 Å². The number of benzene rings is 2. The lowest BCUT2D eigenvalue weighted by Crippen LogP contribution is -2.31. The van der Waals surface area contributed by atoms with Crippen molar-refractivity contribution in [3.8, 4) is 5.75 Å². The van der Waals surface area contributed by atoms with Crippen LogP contribution in [0.25, 0.3) is 0 Å². The first-order valence-electron chi connectivity index (χ1n) is 8.19. The van der Waals surface area contributed by atoms with Crippen LogP contribution in [0.3, 0.4) is 0 Å². The van der Waals surface area contributed by atoms with Gasteiger partial charge in [-0.3, -0.25) is 4.79 Å². The maximum atomic E-state index is 12.8. The number of carbonyl (C=O) groups is 1. The maximum absolute atomic E-state index is 12.8. The van der Waals surface area contributed by atoms with Crippen molar-refractivity contribution < 1.29 is 17.9 Å². The first-order valence-corrected chi connectivity index (χ1v) is 9.63. The Hall–Kier alpha value is -2.58. The van der Waals surface area contributed by atoms with E-state index in [4.69, 9.17) is 10.5 Å². The topological polar surface area (TPSA) is 102 Å². The molecule has 0 aromatic heterocycles. The van der Waals surface area contributed by atoms with Gasteiger partial charge in [-0.1, -0.05) is 32.0 Å². The van der Waals surface area contributed by atoms with E-state index in [-0.39, 0.29) is 27.9 Å². The molecule has 140 valence electrons. The summed E-state index contributed by atoms with van der Waals surface area (Å²) in [5.41, 5.74) is 6.69. The molecule has 2 aromatic rings. The second-order valence-corrected chi connectivity index (χ2v) is 7.41. The van der Waals surface area contributed by atoms with E-state index in [1.807, 2.05) is 0 Å². The smallest absolute Gasteiger partial charge is 0.255 e. The molecule has 0 aliphatic carbocycles. The van der Waals surface area contributed by atoms with E-state index in [0.717, 1.165) is 0 Å². The number of nitrogens with zero attached hydrogens (tertiary/aromatic N) is 1. The van der Waals surface area contributed by atoms with Crippen LogP contribution in [0.2, 0.25) is 0 Å². The van der Waals surface area contributed by atoms with Gasteiger partial charge in [0, 0.05) is 24.7 Å². The minimum atomic E-state index is -3.78. The van der Waals surface area contributed by atoms with Crippen LogP contribution >= 0.6 is 0 Å². The molecule has 2 rings (SSSR count). The van der Waals surface area contributed by atoms with E-state index in [0.29, 0.717) is 18.7 Å². The standard InChI is InChI=1S/C18H23N3O4S/c1-4-21(5-2)26(23,24)17-12-15(16(25-3)11-14(17)19)20-18(22)13-9-7-6-8-10-13/h6-12H,4-5,19H2,1-3H3,(H,20,22). The number of sulfonamides is 1. The van der Waals surface area contributed by atoms with Gasteiger partial charge >= 0.3 is 0 Å². The van der Waals surface area contributed by atoms with Gasteiger partial charge in [0.2, 0.25) is 10.0 Å². The molecule has 0 radical (unpaired) electrons. The van der Waals surface area contributed by atoms with Crippen molar-refractivity contribution in [3.05, 3.63) is 48.0 Å². The Labute approximate surface area is 153 Å². The summed E-state index contributed by atoms with van der Waals surface area (Å²) in [6.45, 7) is 4.13. The Balaban J connectivity index is 2.48. The lowest BCUT2D eigenvalue weighted by Gasteiger charge is -2.21. The molecular weight excluding hydrogens is 354 g/mol. The van der Waals surface area contributed by atoms with Gasteiger partial charge in [-0.25, -0.2) is 8.42 Å². The SMILES string of the molecule is CCN(CC)S(=O)(=O)c1cc(NC(=O)c2ccccc2)c(OC)cc1N. The van der Waals surface area contributed by atoms with Crippen LogP contribution in [0.15, 0.2) is 47.4 Å². The molecule has 7 nitrogen and oxygen atoms in total. The number of nitrogens with two attached hydrogens (primary N) is 1. The summed E-state index contributed by atoms with van der Waals surface area (Å²) in [6.07, 6.45) is 0. The second-order valence-electron chi connectivity index (χ2n) is 5.50. The number of nitrogens with one attached hydrogen (secondary N) is 1. The largest absolute Gasteiger partial charge is 0.494 e. The zero-order valence-corrected chi connectivity index (χ0v) is 15.8. The number of carbonyl (C=O) groups excluding carboxylic acids is 1. The zero-order chi connectivity index (χ0) is 19.3. The number of anilines is 2. The lowest BCUT2D eigenvalue weighted by atomic mass is 10.2. The maximum Gasteiger partial charge on any atom is 0.255 e. The van der Waals surface area contributed by atoms with Crippen LogP contribution in [0.4, 0.5) is 11.4 Å². The summed E-state index contributed by atoms with van der Waals surface area (Å²) in [5.74, 6) is -0.0925. The second kappa shape index (κ2) is 8.20. The van der Waals surface area contributed by atoms with Crippen LogP contribution in [-0.2, 0) is 10.0 Å². The van der Waals surface area contributed by atoms with Crippen molar-refractivity contribution in [1.82, 2.24) is 4.31 Å². The number of hydrogen-bond donors (Lipinski definition) is 2. The highest BCUT2D eigenvalue weighted by Crippen LogP contribution is 2.34. The summed E-state index contributed by atoms with van der Waals surface area (Å²) in [4.78, 5) is 12.4. The fraction of sp³-hybridized carbons (Fsp3) is 0.278. The molecule has 2 aromatic carbocycles. The number of methoxy groups -OCH3 is 1. The molecule has 3 N–H and O–H groups in total. The van der Waals surface area contributed by atoms with Gasteiger partial charge in [-0.2, -0.15) is 4.31 Å². The molecule has 0 heterocycles. The zero-order valence-electron chi connectivity index (χ0n) is 15.0. The highest BCUT2D eigenvalue weighted by atomic mass is 32.2. The molecule has 1 amide bonds. The molecule has 0 spiro atoms. The van der Waals surface area contributed by atoms with E-state index in [1.54, 1.807) is 44.2 Å². The van der Waals surface area contributed by atoms with Gasteiger partial charge < -0.3 is 15.8 Å². The van der Waals surface area contributed by atoms with Gasteiger partial charge in [0.25, 0.3) is 5.91 Å². The first-order chi connectivity index (χ1) is 12.3. The van der Waals surface area contributed by atoms with Crippen LogP contribution in [0.1, 0.15) is 24.2 Å². The average molecular weight is 377 g/mol. The van der Waals surface area contributed by atoms with Gasteiger partial charge in [-0.15, -0.1) is 0 Å². The first kappa shape index (κ1) is 19.7. The molecule has 0 atom stereocenters. The molecular formula is C18H23N3O4S. The third kappa shape index (κ3) is 3.97. The van der Waals surface area contributed by atoms with Crippen molar-refractivity contribution in [2.24, 2.45) is 0 Å². The molecule has 0 saturated carbocycles. The Bertz CT molecular complexity index is 879. The summed E-state index contributed by atoms with van der Waals surface area (Å²) >= 11 is 0. The van der Waals surface area contributed by atoms with Crippen LogP contribution < -0.4 is 15.8 Å². The average Bonchev–Trinajstić information content (AvgIpc) is 2.64. The summed E-state index contributed by atoms with van der Waals surface area (Å²) < 4.78 is 32.2. The lowest BCUT2D eigenvalue weighted by molar-refractivity contribution is 0.102. The highest BCUT2D eigenvalue weighted by molar-refractivity contribution is 7.89. The number of ether oxygens (including phenoxy) is 1. The molecule has 26 heavy (non-hydrogen) atoms. The predicted molar refractivity (Wildman–Crippen MR) is 102 cm³/mol. The monoisotopic (exact) mass is 377 g/mol. The fourth-order valence-electron chi connectivity index (χ4n) is 2.55. The van der Waals surface area contributed by atoms with E-state index >= 15 is 0 Å². The quantitative estimate of drug-likeness (QED) is 0.722. The molecule has 8 heteroatoms. The molecule has 0 fully saturated rings. The minimum absolute atomic E-state index is 0.0615. The summed E-state index contributed by atoms with van der Waals surface area (Å²) in [6, 6.07) is 11.3. The summed E-state index contributed by atoms with van der Waals surface area (Å²) in [5, 5.41) is 2.69. The van der Waals surface area contributed by atoms with Crippen molar-refractivity contribution in [3.63, 3.8) is 0 Å². The molecule has 0 aliphatic rings. The predicted octanol–water partition coefficient (Wildman–Crippen LogP) is 2.56. The third-order valence-electron chi connectivity index (χ3n) is 3.94. The highest BCUT2D eigenvalue weighted by Gasteiger charge is 2.26. The molecule has 0 saturated heterocycles. The van der Waals surface area contributed by atoms with Crippen molar-refractivity contribution >= 4 is 27.3 Å². The van der Waals surface area contributed by atoms with E-state index in [2.05, 4.69) is 5.32 Å². The minimum Gasteiger partial charge on any atom is -0.494 e. The van der Waals surface area contributed by atoms with Crippen LogP contribution in [0, 0.1) is 0 Å². The van der Waals surface area contributed by atoms with Crippen molar-refractivity contribution in [1.29, 1.82) is 0 Å². The normalized spacial score (nSPS) is 11.4. The Morgan fingerprint density at radius 1 is 1.15 bits per heavy atom. The molecule has 0 unspecified atom stereocenters. The van der Waals surface area contributed by atoms with Gasteiger partial charge in [-0.05, 0) is 18.2 Å². The van der Waals surface area contributed by atoms with E-state index in [1.165, 1.54) is 23.5 Å². The number of nitrogen functional groups attached to an aromatic ring is 1. The van der Waals surface area contributed by atoms with Crippen LogP contribution in [-0.4, -0.2) is 38.8 Å².